The molecule has 0 radical (unpaired) electrons. The first-order valence-electron chi connectivity index (χ1n) is 6.00. The Hall–Kier alpha value is -0.860. The molecule has 1 aromatic carbocycles. The highest BCUT2D eigenvalue weighted by molar-refractivity contribution is 5.32. The third-order valence-corrected chi connectivity index (χ3v) is 3.20. The van der Waals surface area contributed by atoms with E-state index in [2.05, 4.69) is 51.2 Å². The Bertz CT molecular complexity index is 345. The first-order chi connectivity index (χ1) is 7.41. The molecule has 0 fully saturated rings. The summed E-state index contributed by atoms with van der Waals surface area (Å²) in [5.74, 6) is 0. The zero-order valence-corrected chi connectivity index (χ0v) is 11.0. The number of nitrogens with one attached hydrogen (secondary N) is 1. The van der Waals surface area contributed by atoms with E-state index in [1.54, 1.807) is 0 Å². The van der Waals surface area contributed by atoms with Gasteiger partial charge in [0.2, 0.25) is 0 Å². The van der Waals surface area contributed by atoms with Crippen LogP contribution in [0.25, 0.3) is 0 Å². The third-order valence-electron chi connectivity index (χ3n) is 3.20. The van der Waals surface area contributed by atoms with Gasteiger partial charge in [0.25, 0.3) is 0 Å². The summed E-state index contributed by atoms with van der Waals surface area (Å²) in [6.45, 7) is 10.6. The number of rotatable bonds is 4. The largest absolute Gasteiger partial charge is 0.327 e. The van der Waals surface area contributed by atoms with Gasteiger partial charge < -0.3 is 11.1 Å². The van der Waals surface area contributed by atoms with Crippen molar-refractivity contribution in [2.45, 2.75) is 52.7 Å². The molecule has 1 aromatic rings. The molecule has 0 aliphatic rings. The summed E-state index contributed by atoms with van der Waals surface area (Å²) in [7, 11) is 0. The summed E-state index contributed by atoms with van der Waals surface area (Å²) in [6, 6.07) is 7.43. The summed E-state index contributed by atoms with van der Waals surface area (Å²) in [5, 5.41) is 3.54. The minimum absolute atomic E-state index is 0.174. The van der Waals surface area contributed by atoms with Crippen LogP contribution >= 0.6 is 0 Å². The van der Waals surface area contributed by atoms with Crippen molar-refractivity contribution in [3.8, 4) is 0 Å². The van der Waals surface area contributed by atoms with E-state index in [9.17, 15) is 0 Å². The molecule has 0 bridgehead atoms. The Morgan fingerprint density at radius 3 is 2.31 bits per heavy atom. The maximum Gasteiger partial charge on any atom is 0.0297 e. The van der Waals surface area contributed by atoms with Crippen molar-refractivity contribution in [3.05, 3.63) is 34.9 Å². The second kappa shape index (κ2) is 5.46. The molecule has 0 saturated carbocycles. The molecule has 0 aliphatic carbocycles. The molecule has 0 saturated heterocycles. The fourth-order valence-electron chi connectivity index (χ4n) is 1.86. The Labute approximate surface area is 99.2 Å². The quantitative estimate of drug-likeness (QED) is 0.818. The Balaban J connectivity index is 2.80. The molecule has 16 heavy (non-hydrogen) atoms. The molecule has 0 spiro atoms. The summed E-state index contributed by atoms with van der Waals surface area (Å²) < 4.78 is 0. The van der Waals surface area contributed by atoms with Crippen molar-refractivity contribution in [2.24, 2.45) is 5.73 Å². The van der Waals surface area contributed by atoms with Gasteiger partial charge in [-0.15, -0.1) is 0 Å². The van der Waals surface area contributed by atoms with E-state index in [4.69, 9.17) is 5.73 Å². The Morgan fingerprint density at radius 1 is 1.12 bits per heavy atom. The molecular formula is C14H24N2. The van der Waals surface area contributed by atoms with Gasteiger partial charge in [0, 0.05) is 18.1 Å². The van der Waals surface area contributed by atoms with Crippen LogP contribution in [0.2, 0.25) is 0 Å². The Morgan fingerprint density at radius 2 is 1.75 bits per heavy atom. The summed E-state index contributed by atoms with van der Waals surface area (Å²) in [4.78, 5) is 0. The summed E-state index contributed by atoms with van der Waals surface area (Å²) in [6.07, 6.45) is 0. The number of hydrogen-bond donors (Lipinski definition) is 2. The molecule has 3 unspecified atom stereocenters. The van der Waals surface area contributed by atoms with Gasteiger partial charge in [0.05, 0.1) is 0 Å². The summed E-state index contributed by atoms with van der Waals surface area (Å²) in [5.41, 5.74) is 9.88. The van der Waals surface area contributed by atoms with Crippen LogP contribution in [0.5, 0.6) is 0 Å². The number of nitrogens with two attached hydrogens (primary N) is 1. The SMILES string of the molecule is Cc1ccc(C)c(C(C)NC(C)C(C)N)c1. The first-order valence-corrected chi connectivity index (χ1v) is 6.00. The number of hydrogen-bond acceptors (Lipinski definition) is 2. The van der Waals surface area contributed by atoms with Gasteiger partial charge in [0.1, 0.15) is 0 Å². The van der Waals surface area contributed by atoms with Gasteiger partial charge in [-0.2, -0.15) is 0 Å². The van der Waals surface area contributed by atoms with Crippen LogP contribution in [0.4, 0.5) is 0 Å². The average Bonchev–Trinajstić information content (AvgIpc) is 2.21. The molecule has 0 heterocycles. The van der Waals surface area contributed by atoms with Gasteiger partial charge in [-0.1, -0.05) is 23.8 Å². The molecule has 2 heteroatoms. The second-order valence-corrected chi connectivity index (χ2v) is 4.90. The van der Waals surface area contributed by atoms with E-state index in [0.29, 0.717) is 12.1 Å². The molecule has 3 N–H and O–H groups in total. The van der Waals surface area contributed by atoms with Crippen LogP contribution in [0.1, 0.15) is 43.5 Å². The average molecular weight is 220 g/mol. The lowest BCUT2D eigenvalue weighted by molar-refractivity contribution is 0.429. The Kier molecular flexibility index (Phi) is 4.51. The lowest BCUT2D eigenvalue weighted by Gasteiger charge is -2.24. The highest BCUT2D eigenvalue weighted by Crippen LogP contribution is 2.19. The van der Waals surface area contributed by atoms with Gasteiger partial charge in [0.15, 0.2) is 0 Å². The van der Waals surface area contributed by atoms with Crippen LogP contribution < -0.4 is 11.1 Å². The number of benzene rings is 1. The molecule has 3 atom stereocenters. The van der Waals surface area contributed by atoms with Crippen molar-refractivity contribution >= 4 is 0 Å². The summed E-state index contributed by atoms with van der Waals surface area (Å²) >= 11 is 0. The fraction of sp³-hybridized carbons (Fsp3) is 0.571. The van der Waals surface area contributed by atoms with E-state index in [1.165, 1.54) is 16.7 Å². The van der Waals surface area contributed by atoms with E-state index in [0.717, 1.165) is 0 Å². The second-order valence-electron chi connectivity index (χ2n) is 4.90. The van der Waals surface area contributed by atoms with Crippen molar-refractivity contribution in [2.75, 3.05) is 0 Å². The zero-order chi connectivity index (χ0) is 12.3. The molecule has 0 amide bonds. The van der Waals surface area contributed by atoms with Gasteiger partial charge >= 0.3 is 0 Å². The lowest BCUT2D eigenvalue weighted by Crippen LogP contribution is -2.42. The molecular weight excluding hydrogens is 196 g/mol. The minimum atomic E-state index is 0.174. The smallest absolute Gasteiger partial charge is 0.0297 e. The molecule has 90 valence electrons. The van der Waals surface area contributed by atoms with E-state index < -0.39 is 0 Å². The van der Waals surface area contributed by atoms with Crippen LogP contribution in [0.3, 0.4) is 0 Å². The monoisotopic (exact) mass is 220 g/mol. The fourth-order valence-corrected chi connectivity index (χ4v) is 1.86. The van der Waals surface area contributed by atoms with Crippen molar-refractivity contribution < 1.29 is 0 Å². The molecule has 2 nitrogen and oxygen atoms in total. The maximum absolute atomic E-state index is 5.87. The van der Waals surface area contributed by atoms with E-state index in [-0.39, 0.29) is 6.04 Å². The predicted molar refractivity (Wildman–Crippen MR) is 70.6 cm³/mol. The van der Waals surface area contributed by atoms with Crippen LogP contribution in [0.15, 0.2) is 18.2 Å². The molecule has 1 rings (SSSR count). The van der Waals surface area contributed by atoms with Crippen molar-refractivity contribution in [1.82, 2.24) is 5.32 Å². The lowest BCUT2D eigenvalue weighted by atomic mass is 9.99. The highest BCUT2D eigenvalue weighted by Gasteiger charge is 2.13. The maximum atomic E-state index is 5.87. The predicted octanol–water partition coefficient (Wildman–Crippen LogP) is 2.69. The van der Waals surface area contributed by atoms with Crippen LogP contribution in [0, 0.1) is 13.8 Å². The standard InChI is InChI=1S/C14H24N2/c1-9-6-7-10(2)14(8-9)13(5)16-12(4)11(3)15/h6-8,11-13,16H,15H2,1-5H3. The topological polar surface area (TPSA) is 38.0 Å². The third kappa shape index (κ3) is 3.32. The van der Waals surface area contributed by atoms with Crippen LogP contribution in [-0.4, -0.2) is 12.1 Å². The minimum Gasteiger partial charge on any atom is -0.327 e. The van der Waals surface area contributed by atoms with Crippen molar-refractivity contribution in [3.63, 3.8) is 0 Å². The van der Waals surface area contributed by atoms with Gasteiger partial charge in [-0.3, -0.25) is 0 Å². The first kappa shape index (κ1) is 13.2. The normalized spacial score (nSPS) is 16.9. The highest BCUT2D eigenvalue weighted by atomic mass is 15.0. The molecule has 0 aliphatic heterocycles. The van der Waals surface area contributed by atoms with E-state index >= 15 is 0 Å². The zero-order valence-electron chi connectivity index (χ0n) is 11.0. The number of aryl methyl sites for hydroxylation is 2. The van der Waals surface area contributed by atoms with Crippen LogP contribution in [-0.2, 0) is 0 Å². The van der Waals surface area contributed by atoms with Gasteiger partial charge in [-0.05, 0) is 45.7 Å². The van der Waals surface area contributed by atoms with Crippen molar-refractivity contribution in [1.29, 1.82) is 0 Å². The van der Waals surface area contributed by atoms with E-state index in [1.807, 2.05) is 6.92 Å². The molecule has 0 aromatic heterocycles. The van der Waals surface area contributed by atoms with Gasteiger partial charge in [-0.25, -0.2) is 0 Å².